The standard InChI is InChI=1S/C19H18N2O4S/c1-21-18(22)14-5-2-3-6-15(14)20-19(21)26-10-4-9-23-13-7-8-16-17(11-13)25-12-24-16/h2-3,5-8,11H,4,9-10,12H2,1H3. The molecule has 0 saturated heterocycles. The minimum atomic E-state index is -0.0188. The molecule has 4 rings (SSSR count). The fourth-order valence-electron chi connectivity index (χ4n) is 2.71. The molecule has 2 heterocycles. The Bertz CT molecular complexity index is 1000. The highest BCUT2D eigenvalue weighted by molar-refractivity contribution is 7.99. The zero-order valence-corrected chi connectivity index (χ0v) is 15.1. The van der Waals surface area contributed by atoms with Crippen molar-refractivity contribution < 1.29 is 14.2 Å². The van der Waals surface area contributed by atoms with Gasteiger partial charge in [-0.25, -0.2) is 4.98 Å². The minimum Gasteiger partial charge on any atom is -0.493 e. The van der Waals surface area contributed by atoms with Gasteiger partial charge in [0.15, 0.2) is 16.7 Å². The van der Waals surface area contributed by atoms with Gasteiger partial charge in [0.25, 0.3) is 5.56 Å². The summed E-state index contributed by atoms with van der Waals surface area (Å²) in [6.45, 7) is 0.834. The van der Waals surface area contributed by atoms with Crippen molar-refractivity contribution in [2.24, 2.45) is 7.05 Å². The van der Waals surface area contributed by atoms with E-state index in [1.807, 2.05) is 36.4 Å². The van der Waals surface area contributed by atoms with Gasteiger partial charge in [0.05, 0.1) is 17.5 Å². The molecule has 26 heavy (non-hydrogen) atoms. The van der Waals surface area contributed by atoms with E-state index < -0.39 is 0 Å². The van der Waals surface area contributed by atoms with Gasteiger partial charge in [-0.1, -0.05) is 23.9 Å². The molecule has 134 valence electrons. The largest absolute Gasteiger partial charge is 0.493 e. The third-order valence-corrected chi connectivity index (χ3v) is 5.19. The topological polar surface area (TPSA) is 62.6 Å². The number of fused-ring (bicyclic) bond motifs is 2. The minimum absolute atomic E-state index is 0.0188. The van der Waals surface area contributed by atoms with Crippen molar-refractivity contribution in [3.63, 3.8) is 0 Å². The fraction of sp³-hybridized carbons (Fsp3) is 0.263. The lowest BCUT2D eigenvalue weighted by Crippen LogP contribution is -2.20. The number of hydrogen-bond acceptors (Lipinski definition) is 6. The number of hydrogen-bond donors (Lipinski definition) is 0. The lowest BCUT2D eigenvalue weighted by molar-refractivity contribution is 0.173. The summed E-state index contributed by atoms with van der Waals surface area (Å²) >= 11 is 1.56. The lowest BCUT2D eigenvalue weighted by Gasteiger charge is -2.09. The lowest BCUT2D eigenvalue weighted by atomic mass is 10.2. The summed E-state index contributed by atoms with van der Waals surface area (Å²) < 4.78 is 18.0. The van der Waals surface area contributed by atoms with E-state index in [2.05, 4.69) is 4.98 Å². The first-order valence-corrected chi connectivity index (χ1v) is 9.32. The van der Waals surface area contributed by atoms with Crippen molar-refractivity contribution in [3.05, 3.63) is 52.8 Å². The van der Waals surface area contributed by atoms with Gasteiger partial charge in [-0.3, -0.25) is 9.36 Å². The molecule has 0 spiro atoms. The Morgan fingerprint density at radius 1 is 1.19 bits per heavy atom. The van der Waals surface area contributed by atoms with E-state index in [0.717, 1.165) is 34.3 Å². The number of ether oxygens (including phenoxy) is 3. The second kappa shape index (κ2) is 7.29. The Morgan fingerprint density at radius 2 is 2.04 bits per heavy atom. The maximum Gasteiger partial charge on any atom is 0.261 e. The molecule has 2 aromatic carbocycles. The van der Waals surface area contributed by atoms with Crippen LogP contribution in [0.1, 0.15) is 6.42 Å². The van der Waals surface area contributed by atoms with E-state index in [9.17, 15) is 4.79 Å². The van der Waals surface area contributed by atoms with Gasteiger partial charge in [0, 0.05) is 18.9 Å². The third-order valence-electron chi connectivity index (χ3n) is 4.07. The summed E-state index contributed by atoms with van der Waals surface area (Å²) in [7, 11) is 1.76. The number of rotatable bonds is 6. The summed E-state index contributed by atoms with van der Waals surface area (Å²) in [6, 6.07) is 13.0. The molecule has 0 aliphatic carbocycles. The maximum atomic E-state index is 12.4. The summed E-state index contributed by atoms with van der Waals surface area (Å²) in [5, 5.41) is 1.36. The van der Waals surface area contributed by atoms with Crippen LogP contribution in [-0.4, -0.2) is 28.7 Å². The van der Waals surface area contributed by atoms with Crippen molar-refractivity contribution in [2.45, 2.75) is 11.6 Å². The van der Waals surface area contributed by atoms with Gasteiger partial charge in [0.1, 0.15) is 5.75 Å². The van der Waals surface area contributed by atoms with Crippen LogP contribution in [0.4, 0.5) is 0 Å². The van der Waals surface area contributed by atoms with Crippen LogP contribution < -0.4 is 19.8 Å². The monoisotopic (exact) mass is 370 g/mol. The molecule has 0 unspecified atom stereocenters. The molecule has 7 heteroatoms. The van der Waals surface area contributed by atoms with E-state index in [-0.39, 0.29) is 12.4 Å². The Balaban J connectivity index is 1.33. The van der Waals surface area contributed by atoms with Gasteiger partial charge in [0.2, 0.25) is 6.79 Å². The summed E-state index contributed by atoms with van der Waals surface area (Å²) in [4.78, 5) is 17.0. The van der Waals surface area contributed by atoms with E-state index in [4.69, 9.17) is 14.2 Å². The Hall–Kier alpha value is -2.67. The first-order valence-electron chi connectivity index (χ1n) is 8.33. The smallest absolute Gasteiger partial charge is 0.261 e. The number of para-hydroxylation sites is 1. The average molecular weight is 370 g/mol. The molecule has 6 nitrogen and oxygen atoms in total. The Morgan fingerprint density at radius 3 is 2.96 bits per heavy atom. The number of aromatic nitrogens is 2. The van der Waals surface area contributed by atoms with Gasteiger partial charge in [-0.05, 0) is 30.7 Å². The van der Waals surface area contributed by atoms with Gasteiger partial charge in [-0.15, -0.1) is 0 Å². The average Bonchev–Trinajstić information content (AvgIpc) is 3.13. The van der Waals surface area contributed by atoms with Crippen LogP contribution in [0.25, 0.3) is 10.9 Å². The van der Waals surface area contributed by atoms with E-state index in [0.29, 0.717) is 17.7 Å². The highest BCUT2D eigenvalue weighted by Crippen LogP contribution is 2.35. The SMILES string of the molecule is Cn1c(SCCCOc2ccc3c(c2)OCO3)nc2ccccc2c1=O. The molecule has 0 amide bonds. The van der Waals surface area contributed by atoms with Crippen LogP contribution in [0.5, 0.6) is 17.2 Å². The van der Waals surface area contributed by atoms with E-state index in [1.54, 1.807) is 29.4 Å². The number of nitrogens with zero attached hydrogens (tertiary/aromatic N) is 2. The van der Waals surface area contributed by atoms with Crippen molar-refractivity contribution in [1.29, 1.82) is 0 Å². The number of benzene rings is 2. The molecule has 3 aromatic rings. The first kappa shape index (κ1) is 16.8. The zero-order chi connectivity index (χ0) is 17.9. The molecule has 0 atom stereocenters. The quantitative estimate of drug-likeness (QED) is 0.377. The highest BCUT2D eigenvalue weighted by Gasteiger charge is 2.13. The Kier molecular flexibility index (Phi) is 4.71. The maximum absolute atomic E-state index is 12.4. The molecular weight excluding hydrogens is 352 g/mol. The summed E-state index contributed by atoms with van der Waals surface area (Å²) in [5.74, 6) is 3.03. The van der Waals surface area contributed by atoms with Crippen LogP contribution in [0.2, 0.25) is 0 Å². The third kappa shape index (κ3) is 3.35. The van der Waals surface area contributed by atoms with Gasteiger partial charge < -0.3 is 14.2 Å². The molecule has 0 N–H and O–H groups in total. The van der Waals surface area contributed by atoms with Crippen LogP contribution in [0.15, 0.2) is 52.4 Å². The number of thioether (sulfide) groups is 1. The van der Waals surface area contributed by atoms with Crippen molar-refractivity contribution in [1.82, 2.24) is 9.55 Å². The van der Waals surface area contributed by atoms with E-state index >= 15 is 0 Å². The molecule has 0 saturated carbocycles. The molecule has 0 radical (unpaired) electrons. The Labute approximate surface area is 154 Å². The van der Waals surface area contributed by atoms with Crippen molar-refractivity contribution >= 4 is 22.7 Å². The first-order chi connectivity index (χ1) is 12.7. The molecule has 1 aliphatic heterocycles. The summed E-state index contributed by atoms with van der Waals surface area (Å²) in [5.41, 5.74) is 0.712. The van der Waals surface area contributed by atoms with E-state index in [1.165, 1.54) is 0 Å². The predicted molar refractivity (Wildman–Crippen MR) is 100 cm³/mol. The molecule has 1 aliphatic rings. The van der Waals surface area contributed by atoms with Gasteiger partial charge >= 0.3 is 0 Å². The summed E-state index contributed by atoms with van der Waals surface area (Å²) in [6.07, 6.45) is 0.835. The molecule has 0 bridgehead atoms. The molecule has 0 fully saturated rings. The van der Waals surface area contributed by atoms with Crippen LogP contribution in [0, 0.1) is 0 Å². The normalized spacial score (nSPS) is 12.5. The highest BCUT2D eigenvalue weighted by atomic mass is 32.2. The predicted octanol–water partition coefficient (Wildman–Crippen LogP) is 3.22. The second-order valence-corrected chi connectivity index (χ2v) is 6.90. The van der Waals surface area contributed by atoms with Gasteiger partial charge in [-0.2, -0.15) is 0 Å². The molecular formula is C19H18N2O4S. The molecule has 1 aromatic heterocycles. The van der Waals surface area contributed by atoms with Crippen LogP contribution in [0.3, 0.4) is 0 Å². The van der Waals surface area contributed by atoms with Crippen LogP contribution >= 0.6 is 11.8 Å². The zero-order valence-electron chi connectivity index (χ0n) is 14.3. The van der Waals surface area contributed by atoms with Crippen molar-refractivity contribution in [2.75, 3.05) is 19.2 Å². The fourth-order valence-corrected chi connectivity index (χ4v) is 3.59. The van der Waals surface area contributed by atoms with Crippen LogP contribution in [-0.2, 0) is 7.05 Å². The second-order valence-electron chi connectivity index (χ2n) is 5.84. The van der Waals surface area contributed by atoms with Crippen molar-refractivity contribution in [3.8, 4) is 17.2 Å².